The number of hydrogen-bond donors (Lipinski definition) is 0. The maximum absolute atomic E-state index is 8.56. The van der Waals surface area contributed by atoms with Crippen molar-refractivity contribution >= 4 is 11.6 Å². The highest BCUT2D eigenvalue weighted by Gasteiger charge is 1.98. The fourth-order valence-electron chi connectivity index (χ4n) is 0.915. The third kappa shape index (κ3) is 1.72. The van der Waals surface area contributed by atoms with Gasteiger partial charge in [0.2, 0.25) is 0 Å². The lowest BCUT2D eigenvalue weighted by molar-refractivity contribution is 1.14. The van der Waals surface area contributed by atoms with Gasteiger partial charge in [0.15, 0.2) is 0 Å². The molecule has 0 radical (unpaired) electrons. The van der Waals surface area contributed by atoms with Crippen LogP contribution >= 0.6 is 11.6 Å². The van der Waals surface area contributed by atoms with E-state index in [1.807, 2.05) is 13.0 Å². The Morgan fingerprint density at radius 1 is 1.55 bits per heavy atom. The maximum atomic E-state index is 8.56. The molecular weight excluding hydrogens is 158 g/mol. The Hall–Kier alpha value is -1.000. The molecule has 1 nitrogen and oxygen atoms in total. The summed E-state index contributed by atoms with van der Waals surface area (Å²) in [5.74, 6) is 0. The maximum Gasteiger partial charge on any atom is 0.0991 e. The first-order valence-electron chi connectivity index (χ1n) is 3.46. The average Bonchev–Trinajstić information content (AvgIpc) is 2.05. The van der Waals surface area contributed by atoms with Gasteiger partial charge in [0.25, 0.3) is 0 Å². The molecule has 2 heteroatoms. The molecule has 0 N–H and O–H groups in total. The van der Waals surface area contributed by atoms with Crippen molar-refractivity contribution < 1.29 is 0 Å². The summed E-state index contributed by atoms with van der Waals surface area (Å²) >= 11 is 5.84. The van der Waals surface area contributed by atoms with E-state index < -0.39 is 0 Å². The Labute approximate surface area is 71.2 Å². The zero-order valence-electron chi connectivity index (χ0n) is 6.26. The summed E-state index contributed by atoms with van der Waals surface area (Å²) in [7, 11) is 0. The molecule has 0 bridgehead atoms. The molecule has 0 aliphatic heterocycles. The van der Waals surface area contributed by atoms with Crippen LogP contribution in [0.2, 0.25) is 5.02 Å². The van der Waals surface area contributed by atoms with Gasteiger partial charge in [-0.25, -0.2) is 0 Å². The summed E-state index contributed by atoms with van der Waals surface area (Å²) < 4.78 is 0. The van der Waals surface area contributed by atoms with Crippen molar-refractivity contribution in [3.8, 4) is 6.07 Å². The van der Waals surface area contributed by atoms with Crippen molar-refractivity contribution in [3.05, 3.63) is 34.3 Å². The van der Waals surface area contributed by atoms with E-state index in [1.165, 1.54) is 0 Å². The Morgan fingerprint density at radius 2 is 2.27 bits per heavy atom. The largest absolute Gasteiger partial charge is 0.192 e. The van der Waals surface area contributed by atoms with Crippen molar-refractivity contribution in [3.63, 3.8) is 0 Å². The van der Waals surface area contributed by atoms with Gasteiger partial charge in [0, 0.05) is 5.02 Å². The molecule has 0 aliphatic carbocycles. The molecule has 0 unspecified atom stereocenters. The SMILES string of the molecule is CCc1cc(C#N)ccc1Cl. The third-order valence-corrected chi connectivity index (χ3v) is 1.92. The molecule has 0 amide bonds. The topological polar surface area (TPSA) is 23.8 Å². The summed E-state index contributed by atoms with van der Waals surface area (Å²) in [5, 5.41) is 9.30. The third-order valence-electron chi connectivity index (χ3n) is 1.56. The highest BCUT2D eigenvalue weighted by molar-refractivity contribution is 6.31. The Bertz CT molecular complexity index is 299. The van der Waals surface area contributed by atoms with Crippen LogP contribution in [-0.4, -0.2) is 0 Å². The van der Waals surface area contributed by atoms with Crippen LogP contribution in [0.5, 0.6) is 0 Å². The summed E-state index contributed by atoms with van der Waals surface area (Å²) in [4.78, 5) is 0. The van der Waals surface area contributed by atoms with E-state index in [4.69, 9.17) is 16.9 Å². The molecule has 0 spiro atoms. The zero-order chi connectivity index (χ0) is 8.27. The van der Waals surface area contributed by atoms with Gasteiger partial charge in [0.1, 0.15) is 0 Å². The average molecular weight is 166 g/mol. The van der Waals surface area contributed by atoms with Gasteiger partial charge in [-0.2, -0.15) is 5.26 Å². The van der Waals surface area contributed by atoms with E-state index in [0.717, 1.165) is 17.0 Å². The monoisotopic (exact) mass is 165 g/mol. The zero-order valence-corrected chi connectivity index (χ0v) is 7.02. The van der Waals surface area contributed by atoms with E-state index >= 15 is 0 Å². The minimum Gasteiger partial charge on any atom is -0.192 e. The lowest BCUT2D eigenvalue weighted by atomic mass is 10.1. The smallest absolute Gasteiger partial charge is 0.0991 e. The van der Waals surface area contributed by atoms with Crippen molar-refractivity contribution in [1.82, 2.24) is 0 Å². The molecule has 1 rings (SSSR count). The van der Waals surface area contributed by atoms with Gasteiger partial charge in [-0.05, 0) is 30.2 Å². The fourth-order valence-corrected chi connectivity index (χ4v) is 1.17. The molecule has 1 aromatic rings. The molecule has 1 aromatic carbocycles. The molecule has 11 heavy (non-hydrogen) atoms. The summed E-state index contributed by atoms with van der Waals surface area (Å²) in [5.41, 5.74) is 1.71. The van der Waals surface area contributed by atoms with E-state index in [9.17, 15) is 0 Å². The Morgan fingerprint density at radius 3 is 2.82 bits per heavy atom. The van der Waals surface area contributed by atoms with Gasteiger partial charge in [-0.1, -0.05) is 18.5 Å². The second-order valence-corrected chi connectivity index (χ2v) is 2.68. The number of rotatable bonds is 1. The van der Waals surface area contributed by atoms with E-state index in [-0.39, 0.29) is 0 Å². The van der Waals surface area contributed by atoms with Gasteiger partial charge in [0.05, 0.1) is 11.6 Å². The molecular formula is C9H8ClN. The Kier molecular flexibility index (Phi) is 2.51. The van der Waals surface area contributed by atoms with Crippen LogP contribution in [0.15, 0.2) is 18.2 Å². The summed E-state index contributed by atoms with van der Waals surface area (Å²) in [6.45, 7) is 2.02. The van der Waals surface area contributed by atoms with Crippen molar-refractivity contribution in [2.45, 2.75) is 13.3 Å². The molecule has 56 valence electrons. The molecule has 0 fully saturated rings. The molecule has 0 aromatic heterocycles. The first kappa shape index (κ1) is 8.10. The summed E-state index contributed by atoms with van der Waals surface area (Å²) in [6, 6.07) is 7.38. The predicted octanol–water partition coefficient (Wildman–Crippen LogP) is 2.77. The number of aryl methyl sites for hydroxylation is 1. The Balaban J connectivity index is 3.15. The highest BCUT2D eigenvalue weighted by Crippen LogP contribution is 2.17. The molecule has 0 atom stereocenters. The van der Waals surface area contributed by atoms with Crippen LogP contribution in [-0.2, 0) is 6.42 Å². The lowest BCUT2D eigenvalue weighted by Crippen LogP contribution is -1.83. The normalized spacial score (nSPS) is 9.18. The van der Waals surface area contributed by atoms with Crippen LogP contribution in [0, 0.1) is 11.3 Å². The summed E-state index contributed by atoms with van der Waals surface area (Å²) in [6.07, 6.45) is 0.869. The van der Waals surface area contributed by atoms with Crippen LogP contribution in [0.4, 0.5) is 0 Å². The van der Waals surface area contributed by atoms with Crippen LogP contribution in [0.25, 0.3) is 0 Å². The first-order chi connectivity index (χ1) is 5.27. The number of nitrogens with zero attached hydrogens (tertiary/aromatic N) is 1. The predicted molar refractivity (Wildman–Crippen MR) is 45.5 cm³/mol. The van der Waals surface area contributed by atoms with E-state index in [0.29, 0.717) is 5.56 Å². The molecule has 0 aliphatic rings. The number of nitriles is 1. The van der Waals surface area contributed by atoms with Crippen LogP contribution in [0.3, 0.4) is 0 Å². The second kappa shape index (κ2) is 3.41. The quantitative estimate of drug-likeness (QED) is 0.628. The van der Waals surface area contributed by atoms with Gasteiger partial charge < -0.3 is 0 Å². The highest BCUT2D eigenvalue weighted by atomic mass is 35.5. The second-order valence-electron chi connectivity index (χ2n) is 2.27. The van der Waals surface area contributed by atoms with Gasteiger partial charge in [-0.15, -0.1) is 0 Å². The molecule has 0 saturated carbocycles. The van der Waals surface area contributed by atoms with Crippen LogP contribution in [0.1, 0.15) is 18.1 Å². The minimum atomic E-state index is 0.672. The lowest BCUT2D eigenvalue weighted by Gasteiger charge is -1.99. The fraction of sp³-hybridized carbons (Fsp3) is 0.222. The standard InChI is InChI=1S/C9H8ClN/c1-2-8-5-7(6-11)3-4-9(8)10/h3-5H,2H2,1H3. The van der Waals surface area contributed by atoms with Crippen molar-refractivity contribution in [2.75, 3.05) is 0 Å². The van der Waals surface area contributed by atoms with Crippen molar-refractivity contribution in [2.24, 2.45) is 0 Å². The van der Waals surface area contributed by atoms with Crippen molar-refractivity contribution in [1.29, 1.82) is 5.26 Å². The molecule has 0 heterocycles. The first-order valence-corrected chi connectivity index (χ1v) is 3.84. The number of benzene rings is 1. The van der Waals surface area contributed by atoms with Crippen LogP contribution < -0.4 is 0 Å². The van der Waals surface area contributed by atoms with Gasteiger partial charge in [-0.3, -0.25) is 0 Å². The minimum absolute atomic E-state index is 0.672. The molecule has 0 saturated heterocycles. The number of halogens is 1. The van der Waals surface area contributed by atoms with Gasteiger partial charge >= 0.3 is 0 Å². The number of hydrogen-bond acceptors (Lipinski definition) is 1. The van der Waals surface area contributed by atoms with E-state index in [2.05, 4.69) is 6.07 Å². The van der Waals surface area contributed by atoms with E-state index in [1.54, 1.807) is 12.1 Å².